The molecular formula is C16H23NO3. The van der Waals surface area contributed by atoms with E-state index in [0.717, 1.165) is 6.42 Å². The second-order valence-corrected chi connectivity index (χ2v) is 5.75. The highest BCUT2D eigenvalue weighted by Crippen LogP contribution is 2.28. The first kappa shape index (κ1) is 16.2. The van der Waals surface area contributed by atoms with E-state index >= 15 is 0 Å². The summed E-state index contributed by atoms with van der Waals surface area (Å²) in [7, 11) is 1.51. The van der Waals surface area contributed by atoms with Crippen LogP contribution in [0.15, 0.2) is 24.3 Å². The van der Waals surface area contributed by atoms with Gasteiger partial charge in [0, 0.05) is 14.0 Å². The number of aliphatic carboxylic acids is 1. The minimum Gasteiger partial charge on any atom is -0.479 e. The third-order valence-electron chi connectivity index (χ3n) is 3.72. The topological polar surface area (TPSA) is 57.6 Å². The van der Waals surface area contributed by atoms with Gasteiger partial charge >= 0.3 is 5.97 Å². The summed E-state index contributed by atoms with van der Waals surface area (Å²) in [4.78, 5) is 24.4. The molecule has 0 aliphatic heterocycles. The van der Waals surface area contributed by atoms with Gasteiger partial charge in [-0.05, 0) is 30.4 Å². The molecule has 0 aromatic heterocycles. The second kappa shape index (κ2) is 6.07. The highest BCUT2D eigenvalue weighted by molar-refractivity contribution is 5.86. The number of benzene rings is 1. The van der Waals surface area contributed by atoms with Gasteiger partial charge in [-0.25, -0.2) is 4.79 Å². The minimum atomic E-state index is -1.35. The van der Waals surface area contributed by atoms with E-state index in [1.807, 2.05) is 12.1 Å². The number of hydrogen-bond acceptors (Lipinski definition) is 2. The van der Waals surface area contributed by atoms with E-state index in [4.69, 9.17) is 0 Å². The molecule has 0 saturated heterocycles. The zero-order chi connectivity index (χ0) is 15.5. The molecule has 1 rings (SSSR count). The van der Waals surface area contributed by atoms with E-state index in [9.17, 15) is 14.7 Å². The van der Waals surface area contributed by atoms with Gasteiger partial charge in [-0.1, -0.05) is 38.1 Å². The number of rotatable bonds is 5. The van der Waals surface area contributed by atoms with Crippen molar-refractivity contribution in [1.82, 2.24) is 4.90 Å². The molecule has 4 nitrogen and oxygen atoms in total. The molecular weight excluding hydrogens is 254 g/mol. The lowest BCUT2D eigenvalue weighted by molar-refractivity contribution is -0.156. The van der Waals surface area contributed by atoms with Crippen LogP contribution in [0, 0.1) is 5.92 Å². The van der Waals surface area contributed by atoms with Crippen LogP contribution in [-0.2, 0) is 21.5 Å². The molecule has 0 aliphatic rings. The van der Waals surface area contributed by atoms with Crippen molar-refractivity contribution < 1.29 is 14.7 Å². The highest BCUT2D eigenvalue weighted by Gasteiger charge is 2.40. The Kier molecular flexibility index (Phi) is 4.93. The van der Waals surface area contributed by atoms with Crippen molar-refractivity contribution in [3.05, 3.63) is 35.4 Å². The van der Waals surface area contributed by atoms with Crippen LogP contribution in [0.4, 0.5) is 0 Å². The maximum absolute atomic E-state index is 11.6. The molecule has 1 atom stereocenters. The Morgan fingerprint density at radius 3 is 2.10 bits per heavy atom. The fraction of sp³-hybridized carbons (Fsp3) is 0.500. The van der Waals surface area contributed by atoms with Gasteiger partial charge in [0.05, 0.1) is 0 Å². The lowest BCUT2D eigenvalue weighted by Crippen LogP contribution is -2.49. The molecule has 0 aliphatic carbocycles. The summed E-state index contributed by atoms with van der Waals surface area (Å²) in [5, 5.41) is 9.53. The number of carboxylic acid groups (broad SMARTS) is 1. The molecule has 1 aromatic carbocycles. The van der Waals surface area contributed by atoms with Crippen LogP contribution in [-0.4, -0.2) is 28.9 Å². The summed E-state index contributed by atoms with van der Waals surface area (Å²) >= 11 is 0. The molecule has 1 amide bonds. The first-order valence-electron chi connectivity index (χ1n) is 6.76. The van der Waals surface area contributed by atoms with E-state index in [0.29, 0.717) is 11.5 Å². The van der Waals surface area contributed by atoms with Gasteiger partial charge in [-0.2, -0.15) is 0 Å². The Morgan fingerprint density at radius 1 is 1.25 bits per heavy atom. The third kappa shape index (κ3) is 3.18. The molecule has 1 N–H and O–H groups in total. The van der Waals surface area contributed by atoms with E-state index in [1.165, 1.54) is 24.4 Å². The zero-order valence-corrected chi connectivity index (χ0v) is 12.8. The van der Waals surface area contributed by atoms with Crippen LogP contribution in [0.3, 0.4) is 0 Å². The van der Waals surface area contributed by atoms with Crippen LogP contribution in [0.25, 0.3) is 0 Å². The normalized spacial score (nSPS) is 13.9. The molecule has 0 heterocycles. The summed E-state index contributed by atoms with van der Waals surface area (Å²) < 4.78 is 0. The smallest absolute Gasteiger partial charge is 0.334 e. The Morgan fingerprint density at radius 2 is 1.75 bits per heavy atom. The fourth-order valence-corrected chi connectivity index (χ4v) is 2.21. The quantitative estimate of drug-likeness (QED) is 0.900. The van der Waals surface area contributed by atoms with Crippen LogP contribution in [0.2, 0.25) is 0 Å². The summed E-state index contributed by atoms with van der Waals surface area (Å²) in [5.41, 5.74) is 0.430. The van der Waals surface area contributed by atoms with Crippen LogP contribution in [0.5, 0.6) is 0 Å². The lowest BCUT2D eigenvalue weighted by Gasteiger charge is -2.35. The van der Waals surface area contributed by atoms with Crippen molar-refractivity contribution >= 4 is 11.9 Å². The van der Waals surface area contributed by atoms with E-state index in [1.54, 1.807) is 19.1 Å². The fourth-order valence-electron chi connectivity index (χ4n) is 2.21. The molecule has 1 aromatic rings. The lowest BCUT2D eigenvalue weighted by atomic mass is 9.89. The van der Waals surface area contributed by atoms with Crippen LogP contribution < -0.4 is 0 Å². The van der Waals surface area contributed by atoms with Crippen LogP contribution >= 0.6 is 0 Å². The van der Waals surface area contributed by atoms with Crippen molar-refractivity contribution in [2.24, 2.45) is 5.92 Å². The van der Waals surface area contributed by atoms with Crippen molar-refractivity contribution in [3.63, 3.8) is 0 Å². The molecule has 0 radical (unpaired) electrons. The predicted octanol–water partition coefficient (Wildman–Crippen LogP) is 2.66. The predicted molar refractivity (Wildman–Crippen MR) is 78.4 cm³/mol. The maximum atomic E-state index is 11.6. The first-order valence-corrected chi connectivity index (χ1v) is 6.76. The Bertz CT molecular complexity index is 493. The van der Waals surface area contributed by atoms with Gasteiger partial charge in [0.2, 0.25) is 5.91 Å². The van der Waals surface area contributed by atoms with Crippen molar-refractivity contribution in [3.8, 4) is 0 Å². The van der Waals surface area contributed by atoms with E-state index in [2.05, 4.69) is 13.8 Å². The van der Waals surface area contributed by atoms with Crippen LogP contribution in [0.1, 0.15) is 38.8 Å². The number of carbonyl (C=O) groups is 2. The summed E-state index contributed by atoms with van der Waals surface area (Å²) in [6.07, 6.45) is 0.951. The van der Waals surface area contributed by atoms with Gasteiger partial charge in [-0.3, -0.25) is 4.79 Å². The van der Waals surface area contributed by atoms with Crippen molar-refractivity contribution in [2.45, 2.75) is 39.7 Å². The van der Waals surface area contributed by atoms with Gasteiger partial charge in [0.25, 0.3) is 0 Å². The molecule has 0 spiro atoms. The van der Waals surface area contributed by atoms with Gasteiger partial charge in [0.1, 0.15) is 0 Å². The standard InChI is InChI=1S/C16H23NO3/c1-11(2)10-13-6-8-14(9-7-13)16(4,15(19)20)17(5)12(3)18/h6-9,11H,10H2,1-5H3,(H,19,20). The monoisotopic (exact) mass is 277 g/mol. The van der Waals surface area contributed by atoms with Crippen molar-refractivity contribution in [2.75, 3.05) is 7.05 Å². The Balaban J connectivity index is 3.17. The number of amides is 1. The third-order valence-corrected chi connectivity index (χ3v) is 3.72. The number of carboxylic acids is 1. The Hall–Kier alpha value is -1.84. The maximum Gasteiger partial charge on any atom is 0.334 e. The Labute approximate surface area is 120 Å². The molecule has 1 unspecified atom stereocenters. The van der Waals surface area contributed by atoms with E-state index in [-0.39, 0.29) is 5.91 Å². The summed E-state index contributed by atoms with van der Waals surface area (Å²) in [6.45, 7) is 7.19. The van der Waals surface area contributed by atoms with Gasteiger partial charge < -0.3 is 10.0 Å². The minimum absolute atomic E-state index is 0.277. The molecule has 110 valence electrons. The first-order chi connectivity index (χ1) is 9.19. The number of nitrogens with zero attached hydrogens (tertiary/aromatic N) is 1. The molecule has 20 heavy (non-hydrogen) atoms. The zero-order valence-electron chi connectivity index (χ0n) is 12.8. The van der Waals surface area contributed by atoms with Gasteiger partial charge in [0.15, 0.2) is 5.54 Å². The summed E-state index contributed by atoms with van der Waals surface area (Å²) in [6, 6.07) is 7.46. The molecule has 0 fully saturated rings. The van der Waals surface area contributed by atoms with Crippen molar-refractivity contribution in [1.29, 1.82) is 0 Å². The number of carbonyl (C=O) groups excluding carboxylic acids is 1. The number of hydrogen-bond donors (Lipinski definition) is 1. The highest BCUT2D eigenvalue weighted by atomic mass is 16.4. The number of likely N-dealkylation sites (N-methyl/N-ethyl adjacent to an activating group) is 1. The average molecular weight is 277 g/mol. The summed E-state index contributed by atoms with van der Waals surface area (Å²) in [5.74, 6) is -0.764. The molecule has 0 saturated carbocycles. The largest absolute Gasteiger partial charge is 0.479 e. The average Bonchev–Trinajstić information content (AvgIpc) is 2.36. The SMILES string of the molecule is CC(=O)N(C)C(C)(C(=O)O)c1ccc(CC(C)C)cc1. The van der Waals surface area contributed by atoms with E-state index < -0.39 is 11.5 Å². The molecule has 0 bridgehead atoms. The molecule has 4 heteroatoms. The second-order valence-electron chi connectivity index (χ2n) is 5.75. The van der Waals surface area contributed by atoms with Gasteiger partial charge in [-0.15, -0.1) is 0 Å².